The Labute approximate surface area is 305 Å². The van der Waals surface area contributed by atoms with Crippen molar-refractivity contribution in [1.29, 1.82) is 0 Å². The number of fused-ring (bicyclic) bond motifs is 1. The van der Waals surface area contributed by atoms with Crippen LogP contribution in [0.5, 0.6) is 0 Å². The quantitative estimate of drug-likeness (QED) is 0.107. The molecule has 2 aliphatic rings. The summed E-state index contributed by atoms with van der Waals surface area (Å²) in [5.74, 6) is -1.74. The second-order valence-electron chi connectivity index (χ2n) is 15.9. The summed E-state index contributed by atoms with van der Waals surface area (Å²) in [5.41, 5.74) is -0.193. The Bertz CT molecular complexity index is 1640. The molecule has 52 heavy (non-hydrogen) atoms. The average molecular weight is 767 g/mol. The lowest BCUT2D eigenvalue weighted by atomic mass is 9.49. The molecule has 4 rings (SSSR count). The van der Waals surface area contributed by atoms with Gasteiger partial charge in [-0.15, -0.1) is 0 Å². The second kappa shape index (κ2) is 16.0. The molecule has 0 bridgehead atoms. The number of rotatable bonds is 18. The monoisotopic (exact) mass is 766 g/mol. The molecule has 2 fully saturated rings. The first-order valence-electron chi connectivity index (χ1n) is 17.6. The number of nitrogens with one attached hydrogen (secondary N) is 1. The minimum Gasteiger partial charge on any atom is -0.509 e. The number of carbonyl (C=O) groups excluding carboxylic acids is 3. The van der Waals surface area contributed by atoms with Crippen LogP contribution in [0.2, 0.25) is 5.82 Å². The third-order valence-corrected chi connectivity index (χ3v) is 14.6. The van der Waals surface area contributed by atoms with Crippen molar-refractivity contribution in [2.75, 3.05) is 19.8 Å². The van der Waals surface area contributed by atoms with Crippen molar-refractivity contribution >= 4 is 39.4 Å². The maximum atomic E-state index is 14.5. The summed E-state index contributed by atoms with van der Waals surface area (Å²) >= 11 is 0. The van der Waals surface area contributed by atoms with E-state index in [1.54, 1.807) is 0 Å². The highest BCUT2D eigenvalue weighted by atomic mass is 31.2. The molecular formula is C34H53BN4O11P2. The van der Waals surface area contributed by atoms with Crippen molar-refractivity contribution in [3.05, 3.63) is 60.2 Å². The molecule has 2 aliphatic heterocycles. The first-order chi connectivity index (χ1) is 24.1. The lowest BCUT2D eigenvalue weighted by Gasteiger charge is -2.63. The number of amides is 1. The van der Waals surface area contributed by atoms with Gasteiger partial charge in [0.1, 0.15) is 11.5 Å². The molecule has 0 radical (unpaired) electrons. The summed E-state index contributed by atoms with van der Waals surface area (Å²) in [4.78, 5) is 87.2. The zero-order valence-corrected chi connectivity index (χ0v) is 32.5. The van der Waals surface area contributed by atoms with Crippen LogP contribution in [0.4, 0.5) is 0 Å². The first-order valence-corrected chi connectivity index (χ1v) is 21.0. The van der Waals surface area contributed by atoms with E-state index < -0.39 is 68.3 Å². The molecule has 18 heteroatoms. The molecule has 1 amide bonds. The molecule has 0 saturated carbocycles. The molecule has 15 nitrogen and oxygen atoms in total. The number of ketones is 2. The normalized spacial score (nSPS) is 23.7. The Kier molecular flexibility index (Phi) is 12.9. The maximum Gasteiger partial charge on any atom is 0.477 e. The van der Waals surface area contributed by atoms with Crippen LogP contribution in [-0.4, -0.2) is 100 Å². The van der Waals surface area contributed by atoms with Gasteiger partial charge in [0.25, 0.3) is 5.91 Å². The van der Waals surface area contributed by atoms with Crippen molar-refractivity contribution in [1.82, 2.24) is 15.3 Å². The molecule has 1 aromatic carbocycles. The van der Waals surface area contributed by atoms with Crippen LogP contribution in [0.1, 0.15) is 89.7 Å². The van der Waals surface area contributed by atoms with E-state index in [1.165, 1.54) is 18.6 Å². The van der Waals surface area contributed by atoms with Gasteiger partial charge in [0.15, 0.2) is 11.2 Å². The van der Waals surface area contributed by atoms with Crippen LogP contribution in [-0.2, 0) is 34.4 Å². The average Bonchev–Trinajstić information content (AvgIpc) is 3.44. The van der Waals surface area contributed by atoms with Crippen LogP contribution in [0.3, 0.4) is 0 Å². The van der Waals surface area contributed by atoms with Gasteiger partial charge in [-0.3, -0.25) is 28.5 Å². The van der Waals surface area contributed by atoms with Gasteiger partial charge in [-0.1, -0.05) is 50.6 Å². The Morgan fingerprint density at radius 3 is 2.06 bits per heavy atom. The third kappa shape index (κ3) is 8.83. The Hall–Kier alpha value is -2.65. The van der Waals surface area contributed by atoms with Gasteiger partial charge in [-0.05, 0) is 64.3 Å². The molecule has 3 heterocycles. The van der Waals surface area contributed by atoms with Gasteiger partial charge in [0.2, 0.25) is 0 Å². The lowest BCUT2D eigenvalue weighted by molar-refractivity contribution is -0.916. The number of Topliss-reactive ketones (excluding diaryl/α,β-unsaturated/α-hetero) is 2. The molecule has 2 aromatic rings. The van der Waals surface area contributed by atoms with E-state index >= 15 is 0 Å². The maximum absolute atomic E-state index is 14.5. The predicted octanol–water partition coefficient (Wildman–Crippen LogP) is 3.99. The van der Waals surface area contributed by atoms with Gasteiger partial charge >= 0.3 is 21.9 Å². The number of carbonyl (C=O) groups is 3. The Balaban J connectivity index is 1.67. The minimum absolute atomic E-state index is 0.0216. The van der Waals surface area contributed by atoms with Gasteiger partial charge in [-0.2, -0.15) is 0 Å². The van der Waals surface area contributed by atoms with E-state index in [-0.39, 0.29) is 47.5 Å². The van der Waals surface area contributed by atoms with Crippen LogP contribution in [0.25, 0.3) is 0 Å². The van der Waals surface area contributed by atoms with Crippen LogP contribution >= 0.6 is 15.2 Å². The fraction of sp³-hybridized carbons (Fsp3) is 0.618. The summed E-state index contributed by atoms with van der Waals surface area (Å²) in [6, 6.07) is 8.47. The van der Waals surface area contributed by atoms with Gasteiger partial charge in [0, 0.05) is 31.8 Å². The number of aromatic nitrogens is 2. The highest BCUT2D eigenvalue weighted by Gasteiger charge is 2.74. The number of nitrogens with zero attached hydrogens (tertiary/aromatic N) is 3. The smallest absolute Gasteiger partial charge is 0.477 e. The Morgan fingerprint density at radius 1 is 0.942 bits per heavy atom. The standard InChI is InChI=1S/C34H53BN4O11P2/c1-24(2)17-26(19-30(41)28(18-25-11-8-7-9-12-25)38-32(42)29-21-36-14-15-37-29)35-39(33(3,4)22-49-35,34(5,6)23-50-35)16-10-13-27(40)20-31(51(43,44)45)52(46,47)48/h7-9,11-12,14-15,21,24,26,28,31H,10,13,16-20,22-23H2,1-6H3,(H,38,42)(H2,43,44,45)(H2,46,47,48)/t26-,28+,35?,39?/m1/s1. The molecule has 288 valence electrons. The zero-order valence-electron chi connectivity index (χ0n) is 30.8. The van der Waals surface area contributed by atoms with Crippen molar-refractivity contribution in [3.63, 3.8) is 0 Å². The van der Waals surface area contributed by atoms with Crippen LogP contribution < -0.4 is 5.32 Å². The second-order valence-corrected chi connectivity index (χ2v) is 19.9. The summed E-state index contributed by atoms with van der Waals surface area (Å²) in [6.45, 7) is 11.0. The highest BCUT2D eigenvalue weighted by Crippen LogP contribution is 2.62. The van der Waals surface area contributed by atoms with Crippen molar-refractivity contribution in [2.45, 2.75) is 108 Å². The molecular weight excluding hydrogens is 713 g/mol. The molecule has 2 saturated heterocycles. The fourth-order valence-electron chi connectivity index (χ4n) is 8.81. The fourth-order valence-corrected chi connectivity index (χ4v) is 11.3. The molecule has 5 N–H and O–H groups in total. The van der Waals surface area contributed by atoms with Gasteiger partial charge in [-0.25, -0.2) is 4.98 Å². The Morgan fingerprint density at radius 2 is 1.54 bits per heavy atom. The first kappa shape index (κ1) is 42.1. The van der Waals surface area contributed by atoms with Crippen LogP contribution in [0, 0.1) is 5.92 Å². The number of hydrogen-bond donors (Lipinski definition) is 5. The third-order valence-electron chi connectivity index (χ3n) is 10.9. The van der Waals surface area contributed by atoms with Crippen molar-refractivity contribution in [2.24, 2.45) is 5.92 Å². The largest absolute Gasteiger partial charge is 0.509 e. The highest BCUT2D eigenvalue weighted by molar-refractivity contribution is 7.70. The van der Waals surface area contributed by atoms with E-state index in [2.05, 4.69) is 43.0 Å². The summed E-state index contributed by atoms with van der Waals surface area (Å²) in [5, 5.41) is 0.492. The molecule has 2 atom stereocenters. The molecule has 0 aliphatic carbocycles. The summed E-state index contributed by atoms with van der Waals surface area (Å²) < 4.78 is 37.6. The summed E-state index contributed by atoms with van der Waals surface area (Å²) in [6.07, 6.45) is 4.08. The SMILES string of the molecule is CC(C)C[C@H](CC(=O)[C@H](Cc1ccccc1)NC(=O)c1cnccn1)[B-]12OCC(C)(C)[N+]1(CCCC(=O)CC(P(=O)(O)O)P(=O)(O)O)C(C)(C)CO2. The lowest BCUT2D eigenvalue weighted by Crippen LogP contribution is -2.77. The topological polar surface area (TPSA) is 223 Å². The zero-order chi connectivity index (χ0) is 38.8. The molecule has 0 unspecified atom stereocenters. The van der Waals surface area contributed by atoms with Crippen molar-refractivity contribution in [3.8, 4) is 0 Å². The van der Waals surface area contributed by atoms with E-state index in [0.29, 0.717) is 26.2 Å². The molecule has 0 spiro atoms. The van der Waals surface area contributed by atoms with Gasteiger partial charge in [0.05, 0.1) is 36.5 Å². The van der Waals surface area contributed by atoms with Crippen LogP contribution in [0.15, 0.2) is 48.9 Å². The molecule has 1 aromatic heterocycles. The number of hydrogen-bond acceptors (Lipinski definition) is 9. The minimum atomic E-state index is -5.26. The predicted molar refractivity (Wildman–Crippen MR) is 194 cm³/mol. The van der Waals surface area contributed by atoms with E-state index in [0.717, 1.165) is 5.56 Å². The van der Waals surface area contributed by atoms with E-state index in [9.17, 15) is 43.1 Å². The van der Waals surface area contributed by atoms with E-state index in [4.69, 9.17) is 9.31 Å². The van der Waals surface area contributed by atoms with Gasteiger partial charge < -0.3 is 38.6 Å². The van der Waals surface area contributed by atoms with E-state index in [1.807, 2.05) is 44.2 Å². The number of benzene rings is 1. The summed E-state index contributed by atoms with van der Waals surface area (Å²) in [7, 11) is -10.5. The van der Waals surface area contributed by atoms with Crippen molar-refractivity contribution < 1.29 is 56.8 Å². The number of quaternary nitrogens is 1.